The van der Waals surface area contributed by atoms with Crippen LogP contribution in [0.5, 0.6) is 0 Å². The largest absolute Gasteiger partial charge is 0.361 e. The van der Waals surface area contributed by atoms with E-state index in [4.69, 9.17) is 0 Å². The second kappa shape index (κ2) is 6.91. The van der Waals surface area contributed by atoms with Crippen LogP contribution < -0.4 is 5.32 Å². The minimum absolute atomic E-state index is 0.0229. The normalized spacial score (nSPS) is 12.7. The van der Waals surface area contributed by atoms with Gasteiger partial charge in [-0.15, -0.1) is 0 Å². The van der Waals surface area contributed by atoms with Gasteiger partial charge in [-0.3, -0.25) is 4.79 Å². The highest BCUT2D eigenvalue weighted by molar-refractivity contribution is 5.83. The zero-order chi connectivity index (χ0) is 17.1. The third-order valence-corrected chi connectivity index (χ3v) is 4.38. The summed E-state index contributed by atoms with van der Waals surface area (Å²) in [5.41, 5.74) is 2.36. The van der Waals surface area contributed by atoms with E-state index in [1.54, 1.807) is 6.20 Å². The molecule has 2 heterocycles. The van der Waals surface area contributed by atoms with Gasteiger partial charge in [0, 0.05) is 42.0 Å². The van der Waals surface area contributed by atoms with E-state index >= 15 is 0 Å². The van der Waals surface area contributed by atoms with Gasteiger partial charge in [-0.1, -0.05) is 32.0 Å². The molecule has 0 saturated heterocycles. The van der Waals surface area contributed by atoms with E-state index in [2.05, 4.69) is 41.3 Å². The van der Waals surface area contributed by atoms with Crippen LogP contribution in [0.15, 0.2) is 42.9 Å². The fourth-order valence-electron chi connectivity index (χ4n) is 3.03. The first-order valence-corrected chi connectivity index (χ1v) is 8.43. The average molecular weight is 324 g/mol. The summed E-state index contributed by atoms with van der Waals surface area (Å²) in [4.78, 5) is 20.1. The number of imidazole rings is 1. The number of hydrogen-bond donors (Lipinski definition) is 2. The topological polar surface area (TPSA) is 62.7 Å². The number of carbonyl (C=O) groups excluding carboxylic acids is 1. The van der Waals surface area contributed by atoms with Crippen molar-refractivity contribution in [3.63, 3.8) is 0 Å². The number of carbonyl (C=O) groups is 1. The number of nitrogens with one attached hydrogen (secondary N) is 2. The monoisotopic (exact) mass is 324 g/mol. The van der Waals surface area contributed by atoms with E-state index in [0.29, 0.717) is 12.5 Å². The second-order valence-electron chi connectivity index (χ2n) is 6.42. The Bertz CT molecular complexity index is 831. The van der Waals surface area contributed by atoms with E-state index in [1.807, 2.05) is 36.0 Å². The molecule has 5 heteroatoms. The zero-order valence-electron chi connectivity index (χ0n) is 14.4. The van der Waals surface area contributed by atoms with Gasteiger partial charge in [0.05, 0.1) is 0 Å². The third kappa shape index (κ3) is 3.20. The number of rotatable bonds is 6. The molecule has 1 amide bonds. The van der Waals surface area contributed by atoms with Gasteiger partial charge >= 0.3 is 0 Å². The summed E-state index contributed by atoms with van der Waals surface area (Å²) in [5, 5.41) is 4.26. The number of para-hydroxylation sites is 1. The standard InChI is InChI=1S/C19H24N4O/c1-13(2)18-20-10-11-23(18)14(3)19(24)21-9-8-15-12-22-17-7-5-4-6-16(15)17/h4-7,10-14,22H,8-9H2,1-3H3,(H,21,24)/t14-/m0/s1. The molecule has 24 heavy (non-hydrogen) atoms. The number of fused-ring (bicyclic) bond motifs is 1. The van der Waals surface area contributed by atoms with Crippen LogP contribution in [0.4, 0.5) is 0 Å². The third-order valence-electron chi connectivity index (χ3n) is 4.38. The minimum atomic E-state index is -0.257. The number of benzene rings is 1. The van der Waals surface area contributed by atoms with Crippen molar-refractivity contribution in [2.24, 2.45) is 0 Å². The maximum atomic E-state index is 12.4. The number of hydrogen-bond acceptors (Lipinski definition) is 2. The van der Waals surface area contributed by atoms with Crippen LogP contribution in [0.25, 0.3) is 10.9 Å². The summed E-state index contributed by atoms with van der Waals surface area (Å²) in [5.74, 6) is 1.26. The molecule has 0 spiro atoms. The SMILES string of the molecule is CC(C)c1nccn1[C@@H](C)C(=O)NCCc1c[nH]c2ccccc12. The first kappa shape index (κ1) is 16.3. The molecule has 2 aromatic heterocycles. The first-order valence-electron chi connectivity index (χ1n) is 8.43. The highest BCUT2D eigenvalue weighted by Gasteiger charge is 2.18. The Kier molecular flexibility index (Phi) is 4.69. The second-order valence-corrected chi connectivity index (χ2v) is 6.42. The Hall–Kier alpha value is -2.56. The van der Waals surface area contributed by atoms with E-state index in [0.717, 1.165) is 17.8 Å². The fraction of sp³-hybridized carbons (Fsp3) is 0.368. The predicted molar refractivity (Wildman–Crippen MR) is 96.0 cm³/mol. The molecule has 0 bridgehead atoms. The van der Waals surface area contributed by atoms with Gasteiger partial charge < -0.3 is 14.9 Å². The van der Waals surface area contributed by atoms with Gasteiger partial charge in [-0.05, 0) is 25.0 Å². The molecule has 0 radical (unpaired) electrons. The quantitative estimate of drug-likeness (QED) is 0.730. The fourth-order valence-corrected chi connectivity index (χ4v) is 3.03. The molecule has 2 N–H and O–H groups in total. The maximum absolute atomic E-state index is 12.4. The summed E-state index contributed by atoms with van der Waals surface area (Å²) >= 11 is 0. The van der Waals surface area contributed by atoms with Crippen LogP contribution in [-0.4, -0.2) is 27.0 Å². The lowest BCUT2D eigenvalue weighted by atomic mass is 10.1. The molecule has 0 aliphatic heterocycles. The van der Waals surface area contributed by atoms with Crippen LogP contribution in [0.1, 0.15) is 44.1 Å². The molecule has 3 aromatic rings. The molecule has 126 valence electrons. The van der Waals surface area contributed by atoms with Crippen LogP contribution in [0, 0.1) is 0 Å². The molecule has 5 nitrogen and oxygen atoms in total. The molecule has 0 aliphatic carbocycles. The summed E-state index contributed by atoms with van der Waals surface area (Å²) in [6.45, 7) is 6.70. The summed E-state index contributed by atoms with van der Waals surface area (Å²) in [6, 6.07) is 7.96. The Balaban J connectivity index is 1.60. The Morgan fingerprint density at radius 1 is 1.29 bits per heavy atom. The van der Waals surface area contributed by atoms with Gasteiger partial charge in [-0.2, -0.15) is 0 Å². The minimum Gasteiger partial charge on any atom is -0.361 e. The average Bonchev–Trinajstić information content (AvgIpc) is 3.21. The van der Waals surface area contributed by atoms with Gasteiger partial charge in [0.1, 0.15) is 11.9 Å². The van der Waals surface area contributed by atoms with Crippen molar-refractivity contribution in [3.05, 3.63) is 54.2 Å². The summed E-state index contributed by atoms with van der Waals surface area (Å²) in [6.07, 6.45) is 6.46. The van der Waals surface area contributed by atoms with Gasteiger partial charge in [0.15, 0.2) is 0 Å². The number of aromatic nitrogens is 3. The molecule has 1 atom stereocenters. The molecule has 0 aliphatic rings. The van der Waals surface area contributed by atoms with Crippen LogP contribution in [0.2, 0.25) is 0 Å². The molecule has 0 unspecified atom stereocenters. The van der Waals surface area contributed by atoms with Crippen molar-refractivity contribution in [2.45, 2.75) is 39.2 Å². The predicted octanol–water partition coefficient (Wildman–Crippen LogP) is 3.41. The van der Waals surface area contributed by atoms with Crippen molar-refractivity contribution in [1.29, 1.82) is 0 Å². The molecule has 1 aromatic carbocycles. The van der Waals surface area contributed by atoms with Crippen LogP contribution in [0.3, 0.4) is 0 Å². The zero-order valence-corrected chi connectivity index (χ0v) is 14.4. The molecular weight excluding hydrogens is 300 g/mol. The maximum Gasteiger partial charge on any atom is 0.242 e. The lowest BCUT2D eigenvalue weighted by molar-refractivity contribution is -0.123. The van der Waals surface area contributed by atoms with E-state index in [1.165, 1.54) is 10.9 Å². The molecule has 0 saturated carbocycles. The van der Waals surface area contributed by atoms with Crippen molar-refractivity contribution < 1.29 is 4.79 Å². The van der Waals surface area contributed by atoms with E-state index in [9.17, 15) is 4.79 Å². The lowest BCUT2D eigenvalue weighted by Crippen LogP contribution is -2.33. The number of amides is 1. The number of H-pyrrole nitrogens is 1. The Morgan fingerprint density at radius 2 is 2.08 bits per heavy atom. The summed E-state index contributed by atoms with van der Waals surface area (Å²) < 4.78 is 1.95. The molecule has 0 fully saturated rings. The first-order chi connectivity index (χ1) is 11.6. The van der Waals surface area contributed by atoms with Gasteiger partial charge in [-0.25, -0.2) is 4.98 Å². The Morgan fingerprint density at radius 3 is 2.88 bits per heavy atom. The van der Waals surface area contributed by atoms with Crippen molar-refractivity contribution >= 4 is 16.8 Å². The van der Waals surface area contributed by atoms with Crippen LogP contribution in [-0.2, 0) is 11.2 Å². The highest BCUT2D eigenvalue weighted by atomic mass is 16.2. The van der Waals surface area contributed by atoms with E-state index < -0.39 is 0 Å². The smallest absolute Gasteiger partial charge is 0.242 e. The van der Waals surface area contributed by atoms with Gasteiger partial charge in [0.25, 0.3) is 0 Å². The number of aromatic amines is 1. The summed E-state index contributed by atoms with van der Waals surface area (Å²) in [7, 11) is 0. The van der Waals surface area contributed by atoms with Crippen molar-refractivity contribution in [3.8, 4) is 0 Å². The van der Waals surface area contributed by atoms with Crippen LogP contribution >= 0.6 is 0 Å². The molecule has 3 rings (SSSR count). The van der Waals surface area contributed by atoms with E-state index in [-0.39, 0.29) is 11.9 Å². The van der Waals surface area contributed by atoms with Crippen molar-refractivity contribution in [2.75, 3.05) is 6.54 Å². The highest BCUT2D eigenvalue weighted by Crippen LogP contribution is 2.19. The van der Waals surface area contributed by atoms with Crippen molar-refractivity contribution in [1.82, 2.24) is 19.9 Å². The Labute approximate surface area is 142 Å². The number of nitrogens with zero attached hydrogens (tertiary/aromatic N) is 2. The van der Waals surface area contributed by atoms with Gasteiger partial charge in [0.2, 0.25) is 5.91 Å². The lowest BCUT2D eigenvalue weighted by Gasteiger charge is -2.17. The molecular formula is C19H24N4O.